The molecule has 0 atom stereocenters. The van der Waals surface area contributed by atoms with Crippen molar-refractivity contribution in [3.05, 3.63) is 56.4 Å². The topological polar surface area (TPSA) is 121 Å². The zero-order valence-corrected chi connectivity index (χ0v) is 12.1. The smallest absolute Gasteiger partial charge is 0.390 e. The number of carbonyl (C=O) groups is 1. The fraction of sp³-hybridized carbons (Fsp3) is 0.0909. The Hall–Kier alpha value is -2.52. The highest BCUT2D eigenvalue weighted by atomic mass is 35.5. The fourth-order valence-electron chi connectivity index (χ4n) is 1.77. The molecule has 1 aromatic heterocycles. The van der Waals surface area contributed by atoms with Crippen LogP contribution in [0.3, 0.4) is 0 Å². The van der Waals surface area contributed by atoms with Gasteiger partial charge in [-0.3, -0.25) is 14.9 Å². The minimum absolute atomic E-state index is 0.0757. The quantitative estimate of drug-likeness (QED) is 0.355. The minimum atomic E-state index is -1.37. The summed E-state index contributed by atoms with van der Waals surface area (Å²) in [6.07, 6.45) is 2.34. The van der Waals surface area contributed by atoms with Gasteiger partial charge in [0.2, 0.25) is 0 Å². The van der Waals surface area contributed by atoms with Gasteiger partial charge in [-0.15, -0.1) is 0 Å². The van der Waals surface area contributed by atoms with Crippen LogP contribution in [0.4, 0.5) is 11.6 Å². The van der Waals surface area contributed by atoms with Gasteiger partial charge in [0, 0.05) is 11.6 Å². The number of nitrogens with zero attached hydrogens (tertiary/aromatic N) is 4. The highest BCUT2D eigenvalue weighted by Gasteiger charge is 2.26. The van der Waals surface area contributed by atoms with Gasteiger partial charge >= 0.3 is 11.6 Å². The van der Waals surface area contributed by atoms with Crippen molar-refractivity contribution < 1.29 is 14.6 Å². The lowest BCUT2D eigenvalue weighted by molar-refractivity contribution is -0.396. The number of alkyl halides is 2. The summed E-state index contributed by atoms with van der Waals surface area (Å²) >= 11 is 10.9. The molecule has 0 unspecified atom stereocenters. The molecule has 2 rings (SSSR count). The van der Waals surface area contributed by atoms with E-state index in [1.807, 2.05) is 0 Å². The first-order valence-electron chi connectivity index (χ1n) is 5.62. The molecule has 0 aliphatic heterocycles. The Morgan fingerprint density at radius 3 is 2.45 bits per heavy atom. The molecule has 0 aliphatic carbocycles. The van der Waals surface area contributed by atoms with Crippen LogP contribution in [-0.4, -0.2) is 30.0 Å². The summed E-state index contributed by atoms with van der Waals surface area (Å²) < 4.78 is 0.936. The molecule has 2 aromatic rings. The summed E-state index contributed by atoms with van der Waals surface area (Å²) in [5, 5.41) is 22.0. The van der Waals surface area contributed by atoms with Crippen LogP contribution < -0.4 is 0 Å². The molecule has 0 saturated heterocycles. The molecule has 1 aromatic carbocycles. The van der Waals surface area contributed by atoms with Crippen molar-refractivity contribution in [3.8, 4) is 5.69 Å². The van der Waals surface area contributed by atoms with Crippen molar-refractivity contribution in [1.29, 1.82) is 0 Å². The van der Waals surface area contributed by atoms with Crippen molar-refractivity contribution >= 4 is 40.6 Å². The molecule has 0 fully saturated rings. The number of rotatable bonds is 5. The lowest BCUT2D eigenvalue weighted by Gasteiger charge is -2.05. The van der Waals surface area contributed by atoms with E-state index in [4.69, 9.17) is 23.2 Å². The largest absolute Gasteiger partial charge is 0.439 e. The van der Waals surface area contributed by atoms with E-state index in [1.54, 1.807) is 0 Å². The molecule has 0 amide bonds. The lowest BCUT2D eigenvalue weighted by atomic mass is 10.1. The van der Waals surface area contributed by atoms with Gasteiger partial charge in [-0.25, -0.2) is 0 Å². The molecule has 0 spiro atoms. The van der Waals surface area contributed by atoms with E-state index in [9.17, 15) is 25.0 Å². The number of hydrogen-bond acceptors (Lipinski definition) is 6. The molecule has 11 heteroatoms. The summed E-state index contributed by atoms with van der Waals surface area (Å²) in [5.74, 6) is -1.30. The van der Waals surface area contributed by atoms with E-state index in [0.717, 1.165) is 16.8 Å². The van der Waals surface area contributed by atoms with E-state index in [0.29, 0.717) is 0 Å². The summed E-state index contributed by atoms with van der Waals surface area (Å²) in [7, 11) is 0. The van der Waals surface area contributed by atoms with Gasteiger partial charge in [-0.1, -0.05) is 28.2 Å². The van der Waals surface area contributed by atoms with Gasteiger partial charge in [0.1, 0.15) is 12.4 Å². The molecule has 0 bridgehead atoms. The molecule has 0 saturated carbocycles. The lowest BCUT2D eigenvalue weighted by Crippen LogP contribution is -2.10. The van der Waals surface area contributed by atoms with Crippen molar-refractivity contribution in [3.63, 3.8) is 0 Å². The number of hydrogen-bond donors (Lipinski definition) is 0. The zero-order chi connectivity index (χ0) is 16.4. The summed E-state index contributed by atoms with van der Waals surface area (Å²) in [6.45, 7) is 0. The van der Waals surface area contributed by atoms with Crippen molar-refractivity contribution in [1.82, 2.24) is 9.55 Å². The number of ketones is 1. The van der Waals surface area contributed by atoms with Crippen LogP contribution in [-0.2, 0) is 0 Å². The van der Waals surface area contributed by atoms with Gasteiger partial charge in [0.15, 0.2) is 16.3 Å². The van der Waals surface area contributed by atoms with Gasteiger partial charge < -0.3 is 10.1 Å². The van der Waals surface area contributed by atoms with Crippen LogP contribution in [0.1, 0.15) is 10.4 Å². The van der Waals surface area contributed by atoms with Crippen LogP contribution in [0.5, 0.6) is 0 Å². The number of carbonyl (C=O) groups excluding carboxylic acids is 1. The molecule has 0 aliphatic rings. The maximum Gasteiger partial charge on any atom is 0.439 e. The van der Waals surface area contributed by atoms with Gasteiger partial charge in [-0.05, 0) is 17.1 Å². The second-order valence-electron chi connectivity index (χ2n) is 3.98. The number of imidazole rings is 1. The number of Topliss-reactive ketones (excluding diaryl/α,β-unsaturated/α-hetero) is 1. The number of benzene rings is 1. The van der Waals surface area contributed by atoms with Crippen molar-refractivity contribution in [2.24, 2.45) is 0 Å². The first kappa shape index (κ1) is 15.9. The van der Waals surface area contributed by atoms with Crippen LogP contribution in [0.15, 0.2) is 30.6 Å². The highest BCUT2D eigenvalue weighted by molar-refractivity contribution is 6.55. The second-order valence-corrected chi connectivity index (χ2v) is 5.08. The first-order valence-corrected chi connectivity index (χ1v) is 6.49. The van der Waals surface area contributed by atoms with Crippen molar-refractivity contribution in [2.45, 2.75) is 4.84 Å². The maximum absolute atomic E-state index is 11.7. The summed E-state index contributed by atoms with van der Waals surface area (Å²) in [4.78, 5) is 34.3. The molecule has 0 N–H and O–H groups in total. The number of nitro groups is 2. The minimum Gasteiger partial charge on any atom is -0.390 e. The fourth-order valence-corrected chi connectivity index (χ4v) is 2.02. The Kier molecular flexibility index (Phi) is 4.38. The monoisotopic (exact) mass is 344 g/mol. The van der Waals surface area contributed by atoms with E-state index in [1.165, 1.54) is 18.3 Å². The predicted molar refractivity (Wildman–Crippen MR) is 76.7 cm³/mol. The molecular weight excluding hydrogens is 339 g/mol. The standard InChI is InChI=1S/C11H6Cl2N4O5/c12-10(13)9(18)6-1-2-7(8(5-6)16(19)20)15-4-3-14-11(15)17(21)22/h1-5,10H. The zero-order valence-electron chi connectivity index (χ0n) is 10.6. The normalized spacial score (nSPS) is 10.7. The van der Waals surface area contributed by atoms with Gasteiger partial charge in [-0.2, -0.15) is 4.57 Å². The average molecular weight is 345 g/mol. The van der Waals surface area contributed by atoms with Crippen LogP contribution in [0, 0.1) is 20.2 Å². The Labute approximate surface area is 132 Å². The predicted octanol–water partition coefficient (Wildman–Crippen LogP) is 2.68. The summed E-state index contributed by atoms with van der Waals surface area (Å²) in [6, 6.07) is 3.39. The van der Waals surface area contributed by atoms with E-state index < -0.39 is 32.1 Å². The Morgan fingerprint density at radius 1 is 1.23 bits per heavy atom. The highest BCUT2D eigenvalue weighted by Crippen LogP contribution is 2.28. The van der Waals surface area contributed by atoms with Crippen LogP contribution in [0.2, 0.25) is 0 Å². The SMILES string of the molecule is O=C(c1ccc(-n2ccnc2[N+](=O)[O-])c([N+](=O)[O-])c1)C(Cl)Cl. The number of aromatic nitrogens is 2. The molecule has 114 valence electrons. The Morgan fingerprint density at radius 2 is 1.91 bits per heavy atom. The van der Waals surface area contributed by atoms with Crippen molar-refractivity contribution in [2.75, 3.05) is 0 Å². The third-order valence-electron chi connectivity index (χ3n) is 2.70. The average Bonchev–Trinajstić information content (AvgIpc) is 2.95. The third-order valence-corrected chi connectivity index (χ3v) is 3.10. The molecular formula is C11H6Cl2N4O5. The summed E-state index contributed by atoms with van der Waals surface area (Å²) in [5.41, 5.74) is -0.694. The number of nitro benzene ring substituents is 1. The third kappa shape index (κ3) is 2.90. The van der Waals surface area contributed by atoms with Crippen LogP contribution >= 0.6 is 23.2 Å². The van der Waals surface area contributed by atoms with Gasteiger partial charge in [0.05, 0.1) is 4.92 Å². The molecule has 9 nitrogen and oxygen atoms in total. The number of halogens is 2. The van der Waals surface area contributed by atoms with Crippen LogP contribution in [0.25, 0.3) is 5.69 Å². The van der Waals surface area contributed by atoms with Gasteiger partial charge in [0.25, 0.3) is 0 Å². The Balaban J connectivity index is 2.62. The molecule has 22 heavy (non-hydrogen) atoms. The maximum atomic E-state index is 11.7. The van der Waals surface area contributed by atoms with E-state index in [2.05, 4.69) is 4.98 Å². The van der Waals surface area contributed by atoms with E-state index in [-0.39, 0.29) is 11.3 Å². The second kappa shape index (κ2) is 6.08. The molecule has 0 radical (unpaired) electrons. The molecule has 1 heterocycles. The van der Waals surface area contributed by atoms with E-state index >= 15 is 0 Å². The first-order chi connectivity index (χ1) is 10.3. The Bertz CT molecular complexity index is 774.